The van der Waals surface area contributed by atoms with Gasteiger partial charge >= 0.3 is 0 Å². The smallest absolute Gasteiger partial charge is 0.184 e. The molecule has 3 heterocycles. The summed E-state index contributed by atoms with van der Waals surface area (Å²) in [6, 6.07) is 0. The summed E-state index contributed by atoms with van der Waals surface area (Å²) in [7, 11) is 1.51. The molecular formula is C11H9ClN6O2. The van der Waals surface area contributed by atoms with E-state index in [4.69, 9.17) is 16.3 Å². The zero-order valence-electron chi connectivity index (χ0n) is 10.4. The number of aromatic amines is 1. The third-order valence-corrected chi connectivity index (χ3v) is 3.11. The Bertz CT molecular complexity index is 780. The predicted molar refractivity (Wildman–Crippen MR) is 69.9 cm³/mol. The monoisotopic (exact) mass is 292 g/mol. The summed E-state index contributed by atoms with van der Waals surface area (Å²) in [6.45, 7) is 0.179. The molecule has 0 fully saturated rings. The van der Waals surface area contributed by atoms with Crippen LogP contribution in [-0.4, -0.2) is 43.1 Å². The fourth-order valence-electron chi connectivity index (χ4n) is 1.86. The second-order valence-electron chi connectivity index (χ2n) is 3.91. The molecule has 0 aliphatic carbocycles. The van der Waals surface area contributed by atoms with Gasteiger partial charge in [-0.3, -0.25) is 4.79 Å². The lowest BCUT2D eigenvalue weighted by atomic mass is 10.3. The van der Waals surface area contributed by atoms with Crippen molar-refractivity contribution in [2.24, 2.45) is 0 Å². The number of ether oxygens (including phenoxy) is 1. The van der Waals surface area contributed by atoms with Crippen LogP contribution < -0.4 is 0 Å². The molecule has 0 saturated heterocycles. The normalized spacial score (nSPS) is 11.1. The highest BCUT2D eigenvalue weighted by atomic mass is 35.5. The second kappa shape index (κ2) is 4.99. The van der Waals surface area contributed by atoms with Gasteiger partial charge in [0.15, 0.2) is 17.8 Å². The largest absolute Gasteiger partial charge is 0.378 e. The fraction of sp³-hybridized carbons (Fsp3) is 0.182. The van der Waals surface area contributed by atoms with E-state index in [-0.39, 0.29) is 17.3 Å². The molecular weight excluding hydrogens is 284 g/mol. The molecule has 0 amide bonds. The maximum absolute atomic E-state index is 11.1. The van der Waals surface area contributed by atoms with E-state index in [0.29, 0.717) is 29.0 Å². The van der Waals surface area contributed by atoms with Crippen molar-refractivity contribution in [3.63, 3.8) is 0 Å². The number of nitrogens with zero attached hydrogens (tertiary/aromatic N) is 5. The van der Waals surface area contributed by atoms with Crippen LogP contribution in [0.5, 0.6) is 0 Å². The molecule has 9 heteroatoms. The van der Waals surface area contributed by atoms with Crippen LogP contribution in [0.2, 0.25) is 5.15 Å². The van der Waals surface area contributed by atoms with Gasteiger partial charge in [0.05, 0.1) is 18.5 Å². The number of hydrogen-bond acceptors (Lipinski definition) is 6. The molecule has 0 radical (unpaired) electrons. The van der Waals surface area contributed by atoms with Crippen LogP contribution in [0.4, 0.5) is 0 Å². The van der Waals surface area contributed by atoms with Crippen molar-refractivity contribution in [2.75, 3.05) is 7.11 Å². The number of H-pyrrole nitrogens is 1. The van der Waals surface area contributed by atoms with Crippen molar-refractivity contribution in [3.8, 4) is 5.82 Å². The summed E-state index contributed by atoms with van der Waals surface area (Å²) < 4.78 is 6.36. The quantitative estimate of drug-likeness (QED) is 0.724. The number of hydrogen-bond donors (Lipinski definition) is 1. The first-order valence-electron chi connectivity index (χ1n) is 5.62. The summed E-state index contributed by atoms with van der Waals surface area (Å²) in [5.41, 5.74) is 1.79. The van der Waals surface area contributed by atoms with Gasteiger partial charge in [-0.05, 0) is 0 Å². The number of halogens is 1. The van der Waals surface area contributed by atoms with Crippen molar-refractivity contribution in [1.29, 1.82) is 0 Å². The average Bonchev–Trinajstić information content (AvgIpc) is 3.03. The number of carbonyl (C=O) groups is 1. The molecule has 0 aromatic carbocycles. The highest BCUT2D eigenvalue weighted by Crippen LogP contribution is 2.24. The highest BCUT2D eigenvalue weighted by Gasteiger charge is 2.19. The number of imidazole rings is 1. The zero-order chi connectivity index (χ0) is 14.1. The van der Waals surface area contributed by atoms with Gasteiger partial charge in [-0.15, -0.1) is 0 Å². The average molecular weight is 293 g/mol. The second-order valence-corrected chi connectivity index (χ2v) is 4.27. The van der Waals surface area contributed by atoms with Crippen molar-refractivity contribution in [3.05, 3.63) is 29.1 Å². The molecule has 0 bridgehead atoms. The first-order chi connectivity index (χ1) is 9.76. The lowest BCUT2D eigenvalue weighted by Crippen LogP contribution is -2.02. The number of methoxy groups -OCH3 is 1. The Morgan fingerprint density at radius 1 is 1.45 bits per heavy atom. The van der Waals surface area contributed by atoms with Gasteiger partial charge < -0.3 is 9.72 Å². The van der Waals surface area contributed by atoms with E-state index in [2.05, 4.69) is 25.0 Å². The number of fused-ring (bicyclic) bond motifs is 1. The molecule has 1 N–H and O–H groups in total. The standard InChI is InChI=1S/C11H9ClN6O2/c1-20-3-7-6(2-19)9(12)18(17-7)11-8-10(14-4-13-8)15-5-16-11/h2,4-5H,3H2,1H3,(H,13,14,15,16). The van der Waals surface area contributed by atoms with E-state index in [9.17, 15) is 4.79 Å². The predicted octanol–water partition coefficient (Wildman–Crippen LogP) is 1.15. The number of rotatable bonds is 4. The van der Waals surface area contributed by atoms with E-state index in [0.717, 1.165) is 0 Å². The molecule has 3 aromatic rings. The summed E-state index contributed by atoms with van der Waals surface area (Å²) in [6.07, 6.45) is 3.50. The molecule has 0 atom stereocenters. The molecule has 0 saturated carbocycles. The summed E-state index contributed by atoms with van der Waals surface area (Å²) in [5, 5.41) is 4.43. The summed E-state index contributed by atoms with van der Waals surface area (Å²) in [4.78, 5) is 26.2. The fourth-order valence-corrected chi connectivity index (χ4v) is 2.14. The minimum absolute atomic E-state index is 0.168. The van der Waals surface area contributed by atoms with Crippen LogP contribution in [0.25, 0.3) is 17.0 Å². The lowest BCUT2D eigenvalue weighted by Gasteiger charge is -2.02. The Morgan fingerprint density at radius 2 is 2.30 bits per heavy atom. The Hall–Kier alpha value is -2.32. The first-order valence-corrected chi connectivity index (χ1v) is 6.00. The van der Waals surface area contributed by atoms with Crippen LogP contribution >= 0.6 is 11.6 Å². The maximum atomic E-state index is 11.1. The van der Waals surface area contributed by atoms with Gasteiger partial charge in [-0.1, -0.05) is 11.6 Å². The number of nitrogens with one attached hydrogen (secondary N) is 1. The molecule has 0 spiro atoms. The minimum atomic E-state index is 0.168. The van der Waals surface area contributed by atoms with Gasteiger partial charge in [0.25, 0.3) is 0 Å². The summed E-state index contributed by atoms with van der Waals surface area (Å²) in [5.74, 6) is 0.419. The van der Waals surface area contributed by atoms with Crippen LogP contribution in [0.15, 0.2) is 12.7 Å². The Labute approximate surface area is 117 Å². The van der Waals surface area contributed by atoms with Crippen LogP contribution in [0.1, 0.15) is 16.1 Å². The third-order valence-electron chi connectivity index (χ3n) is 2.74. The van der Waals surface area contributed by atoms with Gasteiger partial charge in [0.1, 0.15) is 22.7 Å². The SMILES string of the molecule is COCc1nn(-c2ncnc3nc[nH]c23)c(Cl)c1C=O. The van der Waals surface area contributed by atoms with E-state index >= 15 is 0 Å². The van der Waals surface area contributed by atoms with Crippen LogP contribution in [0.3, 0.4) is 0 Å². The van der Waals surface area contributed by atoms with Gasteiger partial charge in [0.2, 0.25) is 0 Å². The van der Waals surface area contributed by atoms with Crippen molar-refractivity contribution >= 4 is 29.1 Å². The molecule has 0 unspecified atom stereocenters. The van der Waals surface area contributed by atoms with Crippen LogP contribution in [-0.2, 0) is 11.3 Å². The van der Waals surface area contributed by atoms with Crippen molar-refractivity contribution < 1.29 is 9.53 Å². The molecule has 0 aliphatic heterocycles. The Kier molecular flexibility index (Phi) is 3.17. The Morgan fingerprint density at radius 3 is 3.05 bits per heavy atom. The van der Waals surface area contributed by atoms with Crippen molar-refractivity contribution in [2.45, 2.75) is 6.61 Å². The van der Waals surface area contributed by atoms with Crippen molar-refractivity contribution in [1.82, 2.24) is 29.7 Å². The van der Waals surface area contributed by atoms with Gasteiger partial charge in [-0.25, -0.2) is 19.6 Å². The van der Waals surface area contributed by atoms with E-state index in [1.54, 1.807) is 0 Å². The molecule has 8 nitrogen and oxygen atoms in total. The molecule has 3 aromatic heterocycles. The molecule has 102 valence electrons. The lowest BCUT2D eigenvalue weighted by molar-refractivity contribution is 0.111. The van der Waals surface area contributed by atoms with E-state index in [1.807, 2.05) is 0 Å². The number of carbonyl (C=O) groups excluding carboxylic acids is 1. The third kappa shape index (κ3) is 1.86. The first kappa shape index (κ1) is 12.7. The topological polar surface area (TPSA) is 98.6 Å². The molecule has 20 heavy (non-hydrogen) atoms. The van der Waals surface area contributed by atoms with E-state index in [1.165, 1.54) is 24.4 Å². The maximum Gasteiger partial charge on any atom is 0.184 e. The number of aldehydes is 1. The minimum Gasteiger partial charge on any atom is -0.378 e. The number of aromatic nitrogens is 6. The Balaban J connectivity index is 2.24. The molecule has 3 rings (SSSR count). The summed E-state index contributed by atoms with van der Waals surface area (Å²) >= 11 is 6.19. The molecule has 0 aliphatic rings. The van der Waals surface area contributed by atoms with E-state index < -0.39 is 0 Å². The highest BCUT2D eigenvalue weighted by molar-refractivity contribution is 6.32. The van der Waals surface area contributed by atoms with Gasteiger partial charge in [0, 0.05) is 7.11 Å². The van der Waals surface area contributed by atoms with Gasteiger partial charge in [-0.2, -0.15) is 5.10 Å². The van der Waals surface area contributed by atoms with Crippen LogP contribution in [0, 0.1) is 0 Å². The zero-order valence-corrected chi connectivity index (χ0v) is 11.1.